The number of rotatable bonds is 5. The third kappa shape index (κ3) is 5.09. The summed E-state index contributed by atoms with van der Waals surface area (Å²) in [5, 5.41) is 11.5. The highest BCUT2D eigenvalue weighted by Gasteiger charge is 2.15. The Bertz CT molecular complexity index is 560. The van der Waals surface area contributed by atoms with Gasteiger partial charge in [0, 0.05) is 31.6 Å². The fraction of sp³-hybridized carbons (Fsp3) is 0.471. The molecular weight excluding hydrogens is 296 g/mol. The Labute approximate surface area is 135 Å². The van der Waals surface area contributed by atoms with E-state index >= 15 is 0 Å². The van der Waals surface area contributed by atoms with E-state index in [1.165, 1.54) is 37.1 Å². The van der Waals surface area contributed by atoms with Crippen LogP contribution in [0.25, 0.3) is 0 Å². The summed E-state index contributed by atoms with van der Waals surface area (Å²) in [6.07, 6.45) is 4.74. The fourth-order valence-corrected chi connectivity index (χ4v) is 2.63. The van der Waals surface area contributed by atoms with Gasteiger partial charge in [0.1, 0.15) is 0 Å². The van der Waals surface area contributed by atoms with E-state index in [1.54, 1.807) is 0 Å². The van der Waals surface area contributed by atoms with Crippen molar-refractivity contribution in [1.82, 2.24) is 10.2 Å². The van der Waals surface area contributed by atoms with Crippen LogP contribution in [-0.4, -0.2) is 47.4 Å². The zero-order chi connectivity index (χ0) is 16.7. The van der Waals surface area contributed by atoms with Crippen LogP contribution >= 0.6 is 0 Å². The highest BCUT2D eigenvalue weighted by atomic mass is 16.4. The van der Waals surface area contributed by atoms with Gasteiger partial charge in [-0.2, -0.15) is 0 Å². The number of carboxylic acid groups (broad SMARTS) is 1. The molecule has 2 rings (SSSR count). The van der Waals surface area contributed by atoms with Gasteiger partial charge in [0.25, 0.3) is 5.91 Å². The minimum Gasteiger partial charge on any atom is -0.478 e. The smallest absolute Gasteiger partial charge is 0.335 e. The molecule has 1 aliphatic rings. The van der Waals surface area contributed by atoms with Crippen molar-refractivity contribution >= 4 is 17.8 Å². The van der Waals surface area contributed by atoms with Crippen molar-refractivity contribution in [2.45, 2.75) is 32.1 Å². The number of hydrogen-bond donors (Lipinski definition) is 2. The van der Waals surface area contributed by atoms with Gasteiger partial charge in [-0.05, 0) is 37.1 Å². The van der Waals surface area contributed by atoms with Gasteiger partial charge >= 0.3 is 5.97 Å². The number of carbonyl (C=O) groups is 3. The Morgan fingerprint density at radius 3 is 2.09 bits per heavy atom. The SMILES string of the molecule is O=C(O)c1ccc(C(=O)NCCC(=O)N2CCCCCC2)cc1. The molecule has 0 bridgehead atoms. The van der Waals surface area contributed by atoms with Crippen LogP contribution in [0.5, 0.6) is 0 Å². The average molecular weight is 318 g/mol. The molecule has 0 unspecified atom stereocenters. The van der Waals surface area contributed by atoms with E-state index in [1.807, 2.05) is 4.90 Å². The Morgan fingerprint density at radius 2 is 1.52 bits per heavy atom. The minimum atomic E-state index is -1.03. The molecule has 1 aliphatic heterocycles. The largest absolute Gasteiger partial charge is 0.478 e. The summed E-state index contributed by atoms with van der Waals surface area (Å²) in [5.41, 5.74) is 0.523. The standard InChI is InChI=1S/C17H22N2O4/c20-15(19-11-3-1-2-4-12-19)9-10-18-16(21)13-5-7-14(8-6-13)17(22)23/h5-8H,1-4,9-12H2,(H,18,21)(H,22,23). The van der Waals surface area contributed by atoms with Gasteiger partial charge in [-0.1, -0.05) is 12.8 Å². The molecule has 0 atom stereocenters. The number of likely N-dealkylation sites (tertiary alicyclic amines) is 1. The molecular formula is C17H22N2O4. The molecule has 2 N–H and O–H groups in total. The minimum absolute atomic E-state index is 0.0772. The predicted molar refractivity (Wildman–Crippen MR) is 85.4 cm³/mol. The van der Waals surface area contributed by atoms with Crippen LogP contribution in [0.4, 0.5) is 0 Å². The van der Waals surface area contributed by atoms with Gasteiger partial charge in [-0.3, -0.25) is 9.59 Å². The lowest BCUT2D eigenvalue weighted by molar-refractivity contribution is -0.131. The van der Waals surface area contributed by atoms with Crippen molar-refractivity contribution in [3.63, 3.8) is 0 Å². The Balaban J connectivity index is 1.77. The first kappa shape index (κ1) is 17.0. The van der Waals surface area contributed by atoms with Gasteiger partial charge in [0.05, 0.1) is 5.56 Å². The summed E-state index contributed by atoms with van der Waals surface area (Å²) in [5.74, 6) is -1.25. The normalized spacial score (nSPS) is 14.9. The van der Waals surface area contributed by atoms with E-state index in [0.717, 1.165) is 25.9 Å². The maximum atomic E-state index is 12.1. The van der Waals surface area contributed by atoms with E-state index in [4.69, 9.17) is 5.11 Å². The van der Waals surface area contributed by atoms with Crippen LogP contribution in [0, 0.1) is 0 Å². The molecule has 2 amide bonds. The van der Waals surface area contributed by atoms with Crippen LogP contribution in [0.2, 0.25) is 0 Å². The molecule has 1 aromatic rings. The maximum absolute atomic E-state index is 12.1. The number of carboxylic acids is 1. The molecule has 0 radical (unpaired) electrons. The second kappa shape index (κ2) is 8.31. The van der Waals surface area contributed by atoms with E-state index in [9.17, 15) is 14.4 Å². The van der Waals surface area contributed by atoms with Crippen molar-refractivity contribution in [2.75, 3.05) is 19.6 Å². The number of nitrogens with one attached hydrogen (secondary N) is 1. The highest BCUT2D eigenvalue weighted by Crippen LogP contribution is 2.10. The van der Waals surface area contributed by atoms with Gasteiger partial charge in [0.2, 0.25) is 5.91 Å². The molecule has 1 heterocycles. The first-order valence-corrected chi connectivity index (χ1v) is 7.97. The number of hydrogen-bond acceptors (Lipinski definition) is 3. The first-order valence-electron chi connectivity index (χ1n) is 7.97. The fourth-order valence-electron chi connectivity index (χ4n) is 2.63. The number of carbonyl (C=O) groups excluding carboxylic acids is 2. The molecule has 0 aliphatic carbocycles. The third-order valence-corrected chi connectivity index (χ3v) is 3.98. The molecule has 1 saturated heterocycles. The van der Waals surface area contributed by atoms with Crippen molar-refractivity contribution < 1.29 is 19.5 Å². The van der Waals surface area contributed by atoms with Crippen molar-refractivity contribution in [3.8, 4) is 0 Å². The lowest BCUT2D eigenvalue weighted by Crippen LogP contribution is -2.35. The quantitative estimate of drug-likeness (QED) is 0.868. The van der Waals surface area contributed by atoms with Crippen molar-refractivity contribution in [3.05, 3.63) is 35.4 Å². The van der Waals surface area contributed by atoms with Gasteiger partial charge in [-0.25, -0.2) is 4.79 Å². The van der Waals surface area contributed by atoms with E-state index in [2.05, 4.69) is 5.32 Å². The van der Waals surface area contributed by atoms with Crippen LogP contribution in [0.1, 0.15) is 52.8 Å². The summed E-state index contributed by atoms with van der Waals surface area (Å²) in [6, 6.07) is 5.71. The number of nitrogens with zero attached hydrogens (tertiary/aromatic N) is 1. The van der Waals surface area contributed by atoms with Crippen LogP contribution in [-0.2, 0) is 4.79 Å². The van der Waals surface area contributed by atoms with Gasteiger partial charge in [0.15, 0.2) is 0 Å². The monoisotopic (exact) mass is 318 g/mol. The number of benzene rings is 1. The average Bonchev–Trinajstić information content (AvgIpc) is 2.84. The van der Waals surface area contributed by atoms with Crippen LogP contribution in [0.3, 0.4) is 0 Å². The third-order valence-electron chi connectivity index (χ3n) is 3.98. The summed E-state index contributed by atoms with van der Waals surface area (Å²) < 4.78 is 0. The van der Waals surface area contributed by atoms with Crippen LogP contribution < -0.4 is 5.32 Å². The molecule has 1 aromatic carbocycles. The Kier molecular flexibility index (Phi) is 6.14. The van der Waals surface area contributed by atoms with Crippen LogP contribution in [0.15, 0.2) is 24.3 Å². The van der Waals surface area contributed by atoms with Crippen molar-refractivity contribution in [2.24, 2.45) is 0 Å². The first-order chi connectivity index (χ1) is 11.1. The topological polar surface area (TPSA) is 86.7 Å². The van der Waals surface area contributed by atoms with Gasteiger partial charge < -0.3 is 15.3 Å². The highest BCUT2D eigenvalue weighted by molar-refractivity contribution is 5.96. The molecule has 6 heteroatoms. The lowest BCUT2D eigenvalue weighted by atomic mass is 10.1. The molecule has 0 aromatic heterocycles. The molecule has 6 nitrogen and oxygen atoms in total. The molecule has 1 fully saturated rings. The molecule has 23 heavy (non-hydrogen) atoms. The second-order valence-electron chi connectivity index (χ2n) is 5.68. The van der Waals surface area contributed by atoms with Crippen molar-refractivity contribution in [1.29, 1.82) is 0 Å². The predicted octanol–water partition coefficient (Wildman–Crippen LogP) is 1.91. The zero-order valence-corrected chi connectivity index (χ0v) is 13.1. The molecule has 124 valence electrons. The second-order valence-corrected chi connectivity index (χ2v) is 5.68. The zero-order valence-electron chi connectivity index (χ0n) is 13.1. The molecule has 0 spiro atoms. The summed E-state index contributed by atoms with van der Waals surface area (Å²) in [6.45, 7) is 1.90. The molecule has 0 saturated carbocycles. The summed E-state index contributed by atoms with van der Waals surface area (Å²) >= 11 is 0. The van der Waals surface area contributed by atoms with Gasteiger partial charge in [-0.15, -0.1) is 0 Å². The Hall–Kier alpha value is -2.37. The number of amides is 2. The summed E-state index contributed by atoms with van der Waals surface area (Å²) in [7, 11) is 0. The Morgan fingerprint density at radius 1 is 0.957 bits per heavy atom. The van der Waals surface area contributed by atoms with E-state index in [-0.39, 0.29) is 23.9 Å². The summed E-state index contributed by atoms with van der Waals surface area (Å²) in [4.78, 5) is 36.7. The lowest BCUT2D eigenvalue weighted by Gasteiger charge is -2.20. The van der Waals surface area contributed by atoms with E-state index in [0.29, 0.717) is 12.0 Å². The number of aromatic carboxylic acids is 1. The maximum Gasteiger partial charge on any atom is 0.335 e. The van der Waals surface area contributed by atoms with E-state index < -0.39 is 5.97 Å².